The minimum atomic E-state index is -0.351. The smallest absolute Gasteiger partial charge is 0.278 e. The lowest BCUT2D eigenvalue weighted by Crippen LogP contribution is -1.97. The molecule has 0 N–H and O–H groups in total. The molecule has 0 aliphatic heterocycles. The van der Waals surface area contributed by atoms with Gasteiger partial charge in [-0.3, -0.25) is 10.1 Å². The molecule has 0 aliphatic rings. The van der Waals surface area contributed by atoms with Crippen molar-refractivity contribution in [1.29, 1.82) is 0 Å². The highest BCUT2D eigenvalue weighted by atomic mass is 32.1. The molecule has 3 aromatic rings. The maximum atomic E-state index is 10.9. The van der Waals surface area contributed by atoms with Crippen molar-refractivity contribution in [2.75, 3.05) is 0 Å². The Morgan fingerprint density at radius 1 is 1.39 bits per heavy atom. The Labute approximate surface area is 106 Å². The molecule has 0 atom stereocenters. The van der Waals surface area contributed by atoms with Gasteiger partial charge in [-0.1, -0.05) is 6.07 Å². The molecule has 1 aromatic carbocycles. The van der Waals surface area contributed by atoms with E-state index in [-0.39, 0.29) is 10.6 Å². The molecule has 0 radical (unpaired) electrons. The van der Waals surface area contributed by atoms with Crippen LogP contribution in [0.2, 0.25) is 0 Å². The van der Waals surface area contributed by atoms with Gasteiger partial charge in [0.25, 0.3) is 5.69 Å². The standard InChI is InChI=1S/C12H9N3O2S/c16-15(17)11-3-1-2-10-9(11)4-6-14(10)8-12-13-5-7-18-12/h1-7H,8H2. The van der Waals surface area contributed by atoms with Crippen LogP contribution in [0, 0.1) is 10.1 Å². The predicted octanol–water partition coefficient (Wildman–Crippen LogP) is 3.05. The summed E-state index contributed by atoms with van der Waals surface area (Å²) >= 11 is 1.57. The first kappa shape index (κ1) is 10.9. The van der Waals surface area contributed by atoms with Gasteiger partial charge in [0, 0.05) is 23.8 Å². The van der Waals surface area contributed by atoms with E-state index in [4.69, 9.17) is 0 Å². The summed E-state index contributed by atoms with van der Waals surface area (Å²) in [5, 5.41) is 14.5. The van der Waals surface area contributed by atoms with Gasteiger partial charge in [0.05, 0.1) is 22.4 Å². The minimum absolute atomic E-state index is 0.144. The monoisotopic (exact) mass is 259 g/mol. The predicted molar refractivity (Wildman–Crippen MR) is 69.8 cm³/mol. The highest BCUT2D eigenvalue weighted by Gasteiger charge is 2.13. The first-order valence-corrected chi connectivity index (χ1v) is 6.24. The van der Waals surface area contributed by atoms with Gasteiger partial charge in [0.15, 0.2) is 0 Å². The molecule has 0 bridgehead atoms. The van der Waals surface area contributed by atoms with Crippen molar-refractivity contribution in [2.45, 2.75) is 6.54 Å². The molecular weight excluding hydrogens is 250 g/mol. The molecule has 3 rings (SSSR count). The lowest BCUT2D eigenvalue weighted by Gasteiger charge is -2.02. The second-order valence-corrected chi connectivity index (χ2v) is 4.82. The first-order chi connectivity index (χ1) is 8.75. The minimum Gasteiger partial charge on any atom is -0.340 e. The lowest BCUT2D eigenvalue weighted by atomic mass is 10.2. The number of aromatic nitrogens is 2. The van der Waals surface area contributed by atoms with Crippen LogP contribution in [0.1, 0.15) is 5.01 Å². The fourth-order valence-corrected chi connectivity index (χ4v) is 2.60. The molecule has 90 valence electrons. The normalized spacial score (nSPS) is 10.9. The highest BCUT2D eigenvalue weighted by Crippen LogP contribution is 2.26. The van der Waals surface area contributed by atoms with Crippen molar-refractivity contribution in [3.8, 4) is 0 Å². The third kappa shape index (κ3) is 1.76. The summed E-state index contributed by atoms with van der Waals surface area (Å²) in [4.78, 5) is 14.8. The summed E-state index contributed by atoms with van der Waals surface area (Å²) in [6, 6.07) is 6.89. The van der Waals surface area contributed by atoms with Gasteiger partial charge >= 0.3 is 0 Å². The third-order valence-corrected chi connectivity index (χ3v) is 3.54. The SMILES string of the molecule is O=[N+]([O-])c1cccc2c1ccn2Cc1nccs1. The van der Waals surface area contributed by atoms with Crippen molar-refractivity contribution in [3.05, 3.63) is 57.2 Å². The van der Waals surface area contributed by atoms with Gasteiger partial charge in [-0.15, -0.1) is 11.3 Å². The molecular formula is C12H9N3O2S. The Hall–Kier alpha value is -2.21. The Bertz CT molecular complexity index is 703. The van der Waals surface area contributed by atoms with Gasteiger partial charge < -0.3 is 4.57 Å². The number of hydrogen-bond donors (Lipinski definition) is 0. The number of hydrogen-bond acceptors (Lipinski definition) is 4. The van der Waals surface area contributed by atoms with E-state index in [0.29, 0.717) is 11.9 Å². The fraction of sp³-hybridized carbons (Fsp3) is 0.0833. The van der Waals surface area contributed by atoms with Crippen molar-refractivity contribution in [1.82, 2.24) is 9.55 Å². The van der Waals surface area contributed by atoms with Crippen molar-refractivity contribution < 1.29 is 4.92 Å². The second kappa shape index (κ2) is 4.23. The van der Waals surface area contributed by atoms with Crippen LogP contribution in [-0.4, -0.2) is 14.5 Å². The van der Waals surface area contributed by atoms with E-state index in [2.05, 4.69) is 4.98 Å². The summed E-state index contributed by atoms with van der Waals surface area (Å²) in [6.45, 7) is 0.641. The van der Waals surface area contributed by atoms with E-state index in [1.807, 2.05) is 22.2 Å². The van der Waals surface area contributed by atoms with Crippen LogP contribution in [0.5, 0.6) is 0 Å². The molecule has 18 heavy (non-hydrogen) atoms. The highest BCUT2D eigenvalue weighted by molar-refractivity contribution is 7.09. The molecule has 0 saturated heterocycles. The third-order valence-electron chi connectivity index (χ3n) is 2.78. The van der Waals surface area contributed by atoms with Crippen molar-refractivity contribution in [3.63, 3.8) is 0 Å². The van der Waals surface area contributed by atoms with Crippen LogP contribution in [0.15, 0.2) is 42.0 Å². The Morgan fingerprint density at radius 3 is 3.00 bits per heavy atom. The van der Waals surface area contributed by atoms with Gasteiger partial charge in [0.1, 0.15) is 5.01 Å². The number of nitrogens with zero attached hydrogens (tertiary/aromatic N) is 3. The first-order valence-electron chi connectivity index (χ1n) is 5.36. The second-order valence-electron chi connectivity index (χ2n) is 3.84. The van der Waals surface area contributed by atoms with Gasteiger partial charge in [0.2, 0.25) is 0 Å². The topological polar surface area (TPSA) is 61.0 Å². The van der Waals surface area contributed by atoms with E-state index in [0.717, 1.165) is 10.5 Å². The molecule has 2 heterocycles. The quantitative estimate of drug-likeness (QED) is 0.536. The average Bonchev–Trinajstić information content (AvgIpc) is 2.99. The van der Waals surface area contributed by atoms with Crippen LogP contribution in [-0.2, 0) is 6.54 Å². The summed E-state index contributed by atoms with van der Waals surface area (Å²) in [7, 11) is 0. The molecule has 0 aliphatic carbocycles. The van der Waals surface area contributed by atoms with Crippen LogP contribution in [0.3, 0.4) is 0 Å². The van der Waals surface area contributed by atoms with E-state index < -0.39 is 0 Å². The van der Waals surface area contributed by atoms with Crippen molar-refractivity contribution >= 4 is 27.9 Å². The summed E-state index contributed by atoms with van der Waals surface area (Å²) in [5.41, 5.74) is 1.00. The molecule has 0 spiro atoms. The molecule has 0 amide bonds. The Morgan fingerprint density at radius 2 is 2.28 bits per heavy atom. The number of nitro benzene ring substituents is 1. The Balaban J connectivity index is 2.09. The van der Waals surface area contributed by atoms with Gasteiger partial charge in [-0.2, -0.15) is 0 Å². The lowest BCUT2D eigenvalue weighted by molar-refractivity contribution is -0.383. The van der Waals surface area contributed by atoms with E-state index in [1.165, 1.54) is 6.07 Å². The number of benzene rings is 1. The summed E-state index contributed by atoms with van der Waals surface area (Å²) in [6.07, 6.45) is 3.62. The number of rotatable bonds is 3. The Kier molecular flexibility index (Phi) is 2.56. The summed E-state index contributed by atoms with van der Waals surface area (Å²) < 4.78 is 1.97. The van der Waals surface area contributed by atoms with Crippen LogP contribution >= 0.6 is 11.3 Å². The zero-order valence-electron chi connectivity index (χ0n) is 9.31. The van der Waals surface area contributed by atoms with Crippen LogP contribution < -0.4 is 0 Å². The number of nitro groups is 1. The van der Waals surface area contributed by atoms with E-state index in [1.54, 1.807) is 29.7 Å². The molecule has 2 aromatic heterocycles. The van der Waals surface area contributed by atoms with E-state index >= 15 is 0 Å². The maximum Gasteiger partial charge on any atom is 0.278 e. The number of non-ortho nitro benzene ring substituents is 1. The van der Waals surface area contributed by atoms with E-state index in [9.17, 15) is 10.1 Å². The average molecular weight is 259 g/mol. The van der Waals surface area contributed by atoms with Crippen LogP contribution in [0.4, 0.5) is 5.69 Å². The fourth-order valence-electron chi connectivity index (χ4n) is 1.98. The molecule has 0 fully saturated rings. The van der Waals surface area contributed by atoms with Gasteiger partial charge in [-0.05, 0) is 12.1 Å². The number of thiazole rings is 1. The van der Waals surface area contributed by atoms with Crippen LogP contribution in [0.25, 0.3) is 10.9 Å². The summed E-state index contributed by atoms with van der Waals surface area (Å²) in [5.74, 6) is 0. The molecule has 5 nitrogen and oxygen atoms in total. The zero-order chi connectivity index (χ0) is 12.5. The molecule has 6 heteroatoms. The van der Waals surface area contributed by atoms with Crippen molar-refractivity contribution in [2.24, 2.45) is 0 Å². The zero-order valence-corrected chi connectivity index (χ0v) is 10.1. The number of fused-ring (bicyclic) bond motifs is 1. The maximum absolute atomic E-state index is 10.9. The molecule has 0 unspecified atom stereocenters. The molecule has 0 saturated carbocycles. The van der Waals surface area contributed by atoms with Gasteiger partial charge in [-0.25, -0.2) is 4.98 Å². The largest absolute Gasteiger partial charge is 0.340 e.